The standard InChI is InChI=1S/C9H18N2O4S/c1-6(8(12)13)4-10-9(14)11-7(2)5-16(3)15/h6-7H,4-5H2,1-3H3,(H,12,13)(H2,10,11,14). The number of carboxylic acid groups (broad SMARTS) is 1. The van der Waals surface area contributed by atoms with Crippen molar-refractivity contribution in [1.82, 2.24) is 10.6 Å². The fourth-order valence-corrected chi connectivity index (χ4v) is 1.79. The summed E-state index contributed by atoms with van der Waals surface area (Å²) in [5.74, 6) is -1.20. The van der Waals surface area contributed by atoms with E-state index in [0.29, 0.717) is 5.75 Å². The van der Waals surface area contributed by atoms with Crippen molar-refractivity contribution in [3.8, 4) is 0 Å². The van der Waals surface area contributed by atoms with Crippen LogP contribution in [0.4, 0.5) is 4.79 Å². The zero-order valence-electron chi connectivity index (χ0n) is 9.65. The lowest BCUT2D eigenvalue weighted by molar-refractivity contribution is -0.140. The Morgan fingerprint density at radius 2 is 1.94 bits per heavy atom. The molecule has 0 heterocycles. The van der Waals surface area contributed by atoms with Crippen molar-refractivity contribution in [3.05, 3.63) is 0 Å². The lowest BCUT2D eigenvalue weighted by Gasteiger charge is -2.14. The van der Waals surface area contributed by atoms with Crippen LogP contribution in [0.15, 0.2) is 0 Å². The van der Waals surface area contributed by atoms with Crippen LogP contribution in [0, 0.1) is 5.92 Å². The molecule has 16 heavy (non-hydrogen) atoms. The molecule has 0 rings (SSSR count). The molecule has 3 atom stereocenters. The second-order valence-electron chi connectivity index (χ2n) is 3.73. The molecule has 7 heteroatoms. The third-order valence-electron chi connectivity index (χ3n) is 1.85. The number of amides is 2. The lowest BCUT2D eigenvalue weighted by Crippen LogP contribution is -2.44. The molecule has 0 bridgehead atoms. The molecule has 3 unspecified atom stereocenters. The van der Waals surface area contributed by atoms with Crippen molar-refractivity contribution in [1.29, 1.82) is 0 Å². The van der Waals surface area contributed by atoms with E-state index < -0.39 is 28.7 Å². The van der Waals surface area contributed by atoms with Crippen LogP contribution in [-0.2, 0) is 15.6 Å². The maximum Gasteiger partial charge on any atom is 0.315 e. The van der Waals surface area contributed by atoms with Gasteiger partial charge in [0.25, 0.3) is 0 Å². The molecule has 0 fully saturated rings. The molecule has 0 aliphatic rings. The van der Waals surface area contributed by atoms with Gasteiger partial charge in [-0.1, -0.05) is 6.92 Å². The van der Waals surface area contributed by atoms with Crippen LogP contribution in [0.2, 0.25) is 0 Å². The zero-order chi connectivity index (χ0) is 12.7. The van der Waals surface area contributed by atoms with Crippen LogP contribution in [0.5, 0.6) is 0 Å². The highest BCUT2D eigenvalue weighted by Gasteiger charge is 2.13. The van der Waals surface area contributed by atoms with E-state index in [1.165, 1.54) is 6.92 Å². The third-order valence-corrected chi connectivity index (χ3v) is 2.82. The van der Waals surface area contributed by atoms with Crippen molar-refractivity contribution >= 4 is 22.8 Å². The van der Waals surface area contributed by atoms with E-state index in [-0.39, 0.29) is 12.6 Å². The van der Waals surface area contributed by atoms with Crippen molar-refractivity contribution in [3.63, 3.8) is 0 Å². The summed E-state index contributed by atoms with van der Waals surface area (Å²) >= 11 is 0. The summed E-state index contributed by atoms with van der Waals surface area (Å²) in [5, 5.41) is 13.6. The van der Waals surface area contributed by atoms with Gasteiger partial charge in [0.15, 0.2) is 0 Å². The molecule has 2 amide bonds. The average molecular weight is 250 g/mol. The molecule has 0 aromatic heterocycles. The number of hydrogen-bond acceptors (Lipinski definition) is 3. The molecule has 0 aliphatic heterocycles. The van der Waals surface area contributed by atoms with E-state index >= 15 is 0 Å². The van der Waals surface area contributed by atoms with Crippen molar-refractivity contribution in [2.75, 3.05) is 18.6 Å². The van der Waals surface area contributed by atoms with E-state index in [1.807, 2.05) is 0 Å². The normalized spacial score (nSPS) is 15.9. The highest BCUT2D eigenvalue weighted by molar-refractivity contribution is 7.84. The van der Waals surface area contributed by atoms with Crippen LogP contribution in [-0.4, -0.2) is 45.9 Å². The third kappa shape index (κ3) is 7.22. The summed E-state index contributed by atoms with van der Waals surface area (Å²) in [6, 6.07) is -0.642. The van der Waals surface area contributed by atoms with Gasteiger partial charge in [-0.3, -0.25) is 9.00 Å². The lowest BCUT2D eigenvalue weighted by atomic mass is 10.2. The van der Waals surface area contributed by atoms with Crippen LogP contribution < -0.4 is 10.6 Å². The van der Waals surface area contributed by atoms with Gasteiger partial charge in [-0.2, -0.15) is 0 Å². The summed E-state index contributed by atoms with van der Waals surface area (Å²) in [6.07, 6.45) is 1.56. The molecule has 0 aliphatic carbocycles. The minimum absolute atomic E-state index is 0.0725. The van der Waals surface area contributed by atoms with E-state index in [4.69, 9.17) is 5.11 Å². The van der Waals surface area contributed by atoms with Gasteiger partial charge in [-0.15, -0.1) is 0 Å². The number of nitrogens with one attached hydrogen (secondary N) is 2. The van der Waals surface area contributed by atoms with Gasteiger partial charge in [0, 0.05) is 35.4 Å². The van der Waals surface area contributed by atoms with Crippen molar-refractivity contribution < 1.29 is 18.9 Å². The first-order valence-corrected chi connectivity index (χ1v) is 6.62. The van der Waals surface area contributed by atoms with E-state index in [2.05, 4.69) is 10.6 Å². The van der Waals surface area contributed by atoms with Gasteiger partial charge in [-0.25, -0.2) is 4.79 Å². The molecule has 0 saturated heterocycles. The Bertz CT molecular complexity index is 283. The quantitative estimate of drug-likeness (QED) is 0.607. The maximum absolute atomic E-state index is 11.2. The number of rotatable bonds is 6. The first-order valence-electron chi connectivity index (χ1n) is 4.90. The molecule has 6 nitrogen and oxygen atoms in total. The largest absolute Gasteiger partial charge is 0.481 e. The molecular weight excluding hydrogens is 232 g/mol. The summed E-state index contributed by atoms with van der Waals surface area (Å²) in [6.45, 7) is 3.32. The Morgan fingerprint density at radius 3 is 2.38 bits per heavy atom. The Balaban J connectivity index is 3.82. The number of carbonyl (C=O) groups is 2. The van der Waals surface area contributed by atoms with Crippen LogP contribution in [0.1, 0.15) is 13.8 Å². The van der Waals surface area contributed by atoms with Crippen LogP contribution >= 0.6 is 0 Å². The molecule has 0 spiro atoms. The van der Waals surface area contributed by atoms with Crippen molar-refractivity contribution in [2.45, 2.75) is 19.9 Å². The van der Waals surface area contributed by atoms with Gasteiger partial charge in [-0.05, 0) is 6.92 Å². The van der Waals surface area contributed by atoms with Gasteiger partial charge in [0.1, 0.15) is 0 Å². The summed E-state index contributed by atoms with van der Waals surface area (Å²) in [7, 11) is -0.969. The van der Waals surface area contributed by atoms with E-state index in [1.54, 1.807) is 13.2 Å². The zero-order valence-corrected chi connectivity index (χ0v) is 10.5. The smallest absolute Gasteiger partial charge is 0.315 e. The van der Waals surface area contributed by atoms with Gasteiger partial charge in [0.2, 0.25) is 0 Å². The predicted octanol–water partition coefficient (Wildman–Crippen LogP) is -0.227. The number of hydrogen-bond donors (Lipinski definition) is 3. The first kappa shape index (κ1) is 14.9. The van der Waals surface area contributed by atoms with Crippen molar-refractivity contribution in [2.24, 2.45) is 5.92 Å². The highest BCUT2D eigenvalue weighted by Crippen LogP contribution is 1.91. The summed E-state index contributed by atoms with van der Waals surface area (Å²) in [5.41, 5.74) is 0. The first-order chi connectivity index (χ1) is 7.32. The van der Waals surface area contributed by atoms with Gasteiger partial charge >= 0.3 is 12.0 Å². The monoisotopic (exact) mass is 250 g/mol. The second kappa shape index (κ2) is 7.21. The number of aliphatic carboxylic acids is 1. The minimum Gasteiger partial charge on any atom is -0.481 e. The van der Waals surface area contributed by atoms with Gasteiger partial charge < -0.3 is 15.7 Å². The number of carbonyl (C=O) groups excluding carboxylic acids is 1. The number of carboxylic acids is 1. The van der Waals surface area contributed by atoms with Crippen LogP contribution in [0.25, 0.3) is 0 Å². The Morgan fingerprint density at radius 1 is 1.38 bits per heavy atom. The Labute approximate surface area is 97.3 Å². The fraction of sp³-hybridized carbons (Fsp3) is 0.778. The highest BCUT2D eigenvalue weighted by atomic mass is 32.2. The van der Waals surface area contributed by atoms with E-state index in [0.717, 1.165) is 0 Å². The second-order valence-corrected chi connectivity index (χ2v) is 5.21. The molecule has 3 N–H and O–H groups in total. The topological polar surface area (TPSA) is 95.5 Å². The molecule has 0 aromatic rings. The maximum atomic E-state index is 11.2. The molecular formula is C9H18N2O4S. The van der Waals surface area contributed by atoms with E-state index in [9.17, 15) is 13.8 Å². The minimum atomic E-state index is -0.969. The molecule has 0 aromatic carbocycles. The Hall–Kier alpha value is -1.11. The summed E-state index contributed by atoms with van der Waals surface area (Å²) < 4.78 is 10.9. The summed E-state index contributed by atoms with van der Waals surface area (Å²) in [4.78, 5) is 21.7. The predicted molar refractivity (Wildman–Crippen MR) is 61.7 cm³/mol. The van der Waals surface area contributed by atoms with Gasteiger partial charge in [0.05, 0.1) is 5.92 Å². The fourth-order valence-electron chi connectivity index (χ4n) is 1.00. The number of urea groups is 1. The molecule has 0 radical (unpaired) electrons. The average Bonchev–Trinajstić information content (AvgIpc) is 2.12. The molecule has 94 valence electrons. The van der Waals surface area contributed by atoms with Crippen LogP contribution in [0.3, 0.4) is 0 Å². The Kier molecular flexibility index (Phi) is 6.71. The molecule has 0 saturated carbocycles. The SMILES string of the molecule is CC(CS(C)=O)NC(=O)NCC(C)C(=O)O.